The largest absolute Gasteiger partial charge is 0.465 e. The van der Waals surface area contributed by atoms with Crippen molar-refractivity contribution in [1.29, 1.82) is 0 Å². The first-order valence-electron chi connectivity index (χ1n) is 7.91. The summed E-state index contributed by atoms with van der Waals surface area (Å²) in [6.45, 7) is -0.556. The molecule has 0 aliphatic heterocycles. The predicted octanol–water partition coefficient (Wildman–Crippen LogP) is 1.12. The van der Waals surface area contributed by atoms with Crippen LogP contribution in [-0.2, 0) is 25.6 Å². The summed E-state index contributed by atoms with van der Waals surface area (Å²) in [6, 6.07) is 9.90. The van der Waals surface area contributed by atoms with Gasteiger partial charge in [0.1, 0.15) is 6.54 Å². The van der Waals surface area contributed by atoms with E-state index in [-0.39, 0.29) is 19.0 Å². The van der Waals surface area contributed by atoms with Crippen LogP contribution in [0.1, 0.15) is 25.6 Å². The van der Waals surface area contributed by atoms with Crippen LogP contribution in [0, 0.1) is 0 Å². The van der Waals surface area contributed by atoms with Crippen molar-refractivity contribution in [2.24, 2.45) is 0 Å². The highest BCUT2D eigenvalue weighted by Crippen LogP contribution is 2.07. The normalized spacial score (nSPS) is 9.96. The van der Waals surface area contributed by atoms with Crippen molar-refractivity contribution < 1.29 is 28.7 Å². The molecule has 1 aromatic carbocycles. The van der Waals surface area contributed by atoms with Gasteiger partial charge in [0.25, 0.3) is 11.8 Å². The molecule has 0 aliphatic carbocycles. The Morgan fingerprint density at radius 1 is 1.04 bits per heavy atom. The van der Waals surface area contributed by atoms with Crippen LogP contribution in [0.15, 0.2) is 41.8 Å². The van der Waals surface area contributed by atoms with E-state index in [1.54, 1.807) is 41.8 Å². The SMILES string of the molecule is COC(=O)c1ccc(CNC(=O)COC(=O)CNC(=O)c2cccs2)cc1. The molecule has 0 unspecified atom stereocenters. The summed E-state index contributed by atoms with van der Waals surface area (Å²) in [7, 11) is 1.30. The second-order valence-electron chi connectivity index (χ2n) is 5.29. The molecule has 0 bridgehead atoms. The molecule has 2 N–H and O–H groups in total. The molecule has 0 radical (unpaired) electrons. The second kappa shape index (κ2) is 10.1. The fourth-order valence-corrected chi connectivity index (χ4v) is 2.61. The highest BCUT2D eigenvalue weighted by atomic mass is 32.1. The van der Waals surface area contributed by atoms with E-state index >= 15 is 0 Å². The van der Waals surface area contributed by atoms with Gasteiger partial charge in [0.15, 0.2) is 6.61 Å². The molecule has 0 saturated carbocycles. The van der Waals surface area contributed by atoms with Gasteiger partial charge in [-0.2, -0.15) is 0 Å². The van der Waals surface area contributed by atoms with Crippen LogP contribution in [0.25, 0.3) is 0 Å². The minimum atomic E-state index is -0.711. The predicted molar refractivity (Wildman–Crippen MR) is 97.2 cm³/mol. The number of methoxy groups -OCH3 is 1. The first-order chi connectivity index (χ1) is 13.0. The van der Waals surface area contributed by atoms with Gasteiger partial charge >= 0.3 is 11.9 Å². The maximum absolute atomic E-state index is 11.7. The van der Waals surface area contributed by atoms with Crippen molar-refractivity contribution in [2.45, 2.75) is 6.54 Å². The Morgan fingerprint density at radius 3 is 2.41 bits per heavy atom. The van der Waals surface area contributed by atoms with Crippen LogP contribution in [0.2, 0.25) is 0 Å². The van der Waals surface area contributed by atoms with Gasteiger partial charge in [-0.3, -0.25) is 14.4 Å². The van der Waals surface area contributed by atoms with E-state index < -0.39 is 24.5 Å². The number of rotatable bonds is 8. The molecule has 0 fully saturated rings. The zero-order valence-electron chi connectivity index (χ0n) is 14.5. The summed E-state index contributed by atoms with van der Waals surface area (Å²) in [5.41, 5.74) is 1.18. The van der Waals surface area contributed by atoms with Gasteiger partial charge in [0, 0.05) is 6.54 Å². The summed E-state index contributed by atoms with van der Waals surface area (Å²) < 4.78 is 9.40. The summed E-state index contributed by atoms with van der Waals surface area (Å²) in [5.74, 6) is -2.01. The van der Waals surface area contributed by atoms with Gasteiger partial charge in [-0.1, -0.05) is 18.2 Å². The minimum Gasteiger partial charge on any atom is -0.465 e. The van der Waals surface area contributed by atoms with Crippen LogP contribution >= 0.6 is 11.3 Å². The second-order valence-corrected chi connectivity index (χ2v) is 6.23. The number of ether oxygens (including phenoxy) is 2. The molecule has 0 saturated heterocycles. The fraction of sp³-hybridized carbons (Fsp3) is 0.222. The van der Waals surface area contributed by atoms with Crippen molar-refractivity contribution >= 4 is 35.1 Å². The molecule has 0 spiro atoms. The monoisotopic (exact) mass is 390 g/mol. The highest BCUT2D eigenvalue weighted by molar-refractivity contribution is 7.12. The molecule has 27 heavy (non-hydrogen) atoms. The quantitative estimate of drug-likeness (QED) is 0.654. The number of hydrogen-bond acceptors (Lipinski definition) is 7. The summed E-state index contributed by atoms with van der Waals surface area (Å²) in [6.07, 6.45) is 0. The van der Waals surface area contributed by atoms with Gasteiger partial charge in [-0.15, -0.1) is 11.3 Å². The van der Waals surface area contributed by atoms with Gasteiger partial charge in [-0.25, -0.2) is 4.79 Å². The van der Waals surface area contributed by atoms with Crippen molar-refractivity contribution in [1.82, 2.24) is 10.6 Å². The van der Waals surface area contributed by atoms with Crippen LogP contribution in [0.5, 0.6) is 0 Å². The molecule has 2 rings (SSSR count). The number of hydrogen-bond donors (Lipinski definition) is 2. The van der Waals surface area contributed by atoms with E-state index in [9.17, 15) is 19.2 Å². The fourth-order valence-electron chi connectivity index (χ4n) is 1.97. The van der Waals surface area contributed by atoms with Crippen molar-refractivity contribution in [3.63, 3.8) is 0 Å². The zero-order valence-corrected chi connectivity index (χ0v) is 15.3. The van der Waals surface area contributed by atoms with Crippen molar-refractivity contribution in [3.8, 4) is 0 Å². The maximum atomic E-state index is 11.7. The molecular weight excluding hydrogens is 372 g/mol. The standard InChI is InChI=1S/C18H18N2O6S/c1-25-18(24)13-6-4-12(5-7-13)9-19-15(21)11-26-16(22)10-20-17(23)14-3-2-8-27-14/h2-8H,9-11H2,1H3,(H,19,21)(H,20,23). The van der Waals surface area contributed by atoms with E-state index in [4.69, 9.17) is 4.74 Å². The lowest BCUT2D eigenvalue weighted by atomic mass is 10.1. The third-order valence-corrected chi connectivity index (χ3v) is 4.24. The highest BCUT2D eigenvalue weighted by Gasteiger charge is 2.11. The number of esters is 2. The number of amides is 2. The molecule has 2 amide bonds. The summed E-state index contributed by atoms with van der Waals surface area (Å²) >= 11 is 1.26. The lowest BCUT2D eigenvalue weighted by molar-refractivity contribution is -0.147. The van der Waals surface area contributed by atoms with Crippen LogP contribution < -0.4 is 10.6 Å². The van der Waals surface area contributed by atoms with Crippen molar-refractivity contribution in [3.05, 3.63) is 57.8 Å². The molecule has 8 nitrogen and oxygen atoms in total. The van der Waals surface area contributed by atoms with Crippen LogP contribution in [0.4, 0.5) is 0 Å². The van der Waals surface area contributed by atoms with E-state index in [1.807, 2.05) is 0 Å². The van der Waals surface area contributed by atoms with Crippen LogP contribution in [0.3, 0.4) is 0 Å². The molecule has 9 heteroatoms. The number of carbonyl (C=O) groups is 4. The van der Waals surface area contributed by atoms with Crippen LogP contribution in [-0.4, -0.2) is 44.0 Å². The molecular formula is C18H18N2O6S. The molecule has 2 aromatic rings. The molecule has 142 valence electrons. The Kier molecular flexibility index (Phi) is 7.50. The first-order valence-corrected chi connectivity index (χ1v) is 8.79. The number of thiophene rings is 1. The summed E-state index contributed by atoms with van der Waals surface area (Å²) in [4.78, 5) is 46.8. The molecule has 1 aromatic heterocycles. The Morgan fingerprint density at radius 2 is 1.78 bits per heavy atom. The van der Waals surface area contributed by atoms with E-state index in [0.29, 0.717) is 10.4 Å². The maximum Gasteiger partial charge on any atom is 0.337 e. The van der Waals surface area contributed by atoms with Crippen molar-refractivity contribution in [2.75, 3.05) is 20.3 Å². The summed E-state index contributed by atoms with van der Waals surface area (Å²) in [5, 5.41) is 6.75. The Balaban J connectivity index is 1.66. The lowest BCUT2D eigenvalue weighted by Gasteiger charge is -2.08. The van der Waals surface area contributed by atoms with Gasteiger partial charge < -0.3 is 20.1 Å². The van der Waals surface area contributed by atoms with E-state index in [0.717, 1.165) is 5.56 Å². The molecule has 0 aliphatic rings. The Bertz CT molecular complexity index is 802. The molecule has 1 heterocycles. The third-order valence-electron chi connectivity index (χ3n) is 3.37. The lowest BCUT2D eigenvalue weighted by Crippen LogP contribution is -2.33. The van der Waals surface area contributed by atoms with Gasteiger partial charge in [0.05, 0.1) is 17.6 Å². The van der Waals surface area contributed by atoms with E-state index in [1.165, 1.54) is 18.4 Å². The Labute approximate surface area is 159 Å². The number of benzene rings is 1. The Hall–Kier alpha value is -3.20. The molecule has 0 atom stereocenters. The van der Waals surface area contributed by atoms with Gasteiger partial charge in [-0.05, 0) is 29.1 Å². The average molecular weight is 390 g/mol. The van der Waals surface area contributed by atoms with E-state index in [2.05, 4.69) is 15.4 Å². The third kappa shape index (κ3) is 6.55. The zero-order chi connectivity index (χ0) is 19.6. The minimum absolute atomic E-state index is 0.215. The number of nitrogens with one attached hydrogen (secondary N) is 2. The number of carbonyl (C=O) groups excluding carboxylic acids is 4. The topological polar surface area (TPSA) is 111 Å². The smallest absolute Gasteiger partial charge is 0.337 e. The van der Waals surface area contributed by atoms with Gasteiger partial charge in [0.2, 0.25) is 0 Å². The first kappa shape index (κ1) is 20.1. The average Bonchev–Trinajstić information content (AvgIpc) is 3.23.